The zero-order chi connectivity index (χ0) is 12.3. The van der Waals surface area contributed by atoms with E-state index in [0.717, 1.165) is 23.9 Å². The molecule has 17 heavy (non-hydrogen) atoms. The molecule has 2 heteroatoms. The third-order valence-corrected chi connectivity index (χ3v) is 4.64. The fourth-order valence-corrected chi connectivity index (χ4v) is 4.03. The molecule has 2 nitrogen and oxygen atoms in total. The van der Waals surface area contributed by atoms with E-state index in [4.69, 9.17) is 0 Å². The molecule has 4 unspecified atom stereocenters. The van der Waals surface area contributed by atoms with Gasteiger partial charge in [0, 0.05) is 12.1 Å². The third kappa shape index (κ3) is 3.23. The van der Waals surface area contributed by atoms with Crippen molar-refractivity contribution in [2.75, 3.05) is 19.6 Å². The summed E-state index contributed by atoms with van der Waals surface area (Å²) >= 11 is 0. The van der Waals surface area contributed by atoms with E-state index < -0.39 is 0 Å². The Bertz CT molecular complexity index is 223. The Balaban J connectivity index is 2.00. The minimum atomic E-state index is 0.742. The summed E-state index contributed by atoms with van der Waals surface area (Å²) in [5.41, 5.74) is 0. The molecule has 2 rings (SSSR count). The molecule has 0 aromatic carbocycles. The predicted molar refractivity (Wildman–Crippen MR) is 74.2 cm³/mol. The van der Waals surface area contributed by atoms with E-state index in [1.165, 1.54) is 51.7 Å². The van der Waals surface area contributed by atoms with Crippen molar-refractivity contribution in [1.29, 1.82) is 0 Å². The molecule has 0 spiro atoms. The molecule has 100 valence electrons. The second kappa shape index (κ2) is 6.19. The highest BCUT2D eigenvalue weighted by Gasteiger charge is 2.37. The van der Waals surface area contributed by atoms with Crippen molar-refractivity contribution >= 4 is 0 Å². The van der Waals surface area contributed by atoms with Crippen LogP contribution in [0, 0.1) is 11.8 Å². The maximum absolute atomic E-state index is 3.82. The van der Waals surface area contributed by atoms with Crippen LogP contribution < -0.4 is 5.32 Å². The lowest BCUT2D eigenvalue weighted by atomic mass is 9.76. The van der Waals surface area contributed by atoms with E-state index in [-0.39, 0.29) is 0 Å². The summed E-state index contributed by atoms with van der Waals surface area (Å²) in [5, 5.41) is 3.82. The molecule has 4 atom stereocenters. The predicted octanol–water partition coefficient (Wildman–Crippen LogP) is 2.89. The minimum Gasteiger partial charge on any atom is -0.312 e. The number of rotatable bonds is 4. The standard InChI is InChI=1S/C15H30N2/c1-4-7-16-14-11-12(2)10-13(3)15(14)17-8-5-6-9-17/h12-16H,4-11H2,1-3H3. The van der Waals surface area contributed by atoms with E-state index in [9.17, 15) is 0 Å². The Morgan fingerprint density at radius 3 is 2.47 bits per heavy atom. The molecule has 2 aliphatic rings. The van der Waals surface area contributed by atoms with Crippen molar-refractivity contribution in [3.05, 3.63) is 0 Å². The Kier molecular flexibility index (Phi) is 4.87. The van der Waals surface area contributed by atoms with Gasteiger partial charge in [0.05, 0.1) is 0 Å². The van der Waals surface area contributed by atoms with Crippen molar-refractivity contribution in [3.63, 3.8) is 0 Å². The normalized spacial score (nSPS) is 39.7. The maximum Gasteiger partial charge on any atom is 0.0275 e. The molecule has 1 saturated carbocycles. The lowest BCUT2D eigenvalue weighted by Gasteiger charge is -2.45. The summed E-state index contributed by atoms with van der Waals surface area (Å²) in [6, 6.07) is 1.55. The van der Waals surface area contributed by atoms with E-state index in [0.29, 0.717) is 0 Å². The highest BCUT2D eigenvalue weighted by molar-refractivity contribution is 4.95. The van der Waals surface area contributed by atoms with Gasteiger partial charge < -0.3 is 5.32 Å². The van der Waals surface area contributed by atoms with Crippen LogP contribution in [0.2, 0.25) is 0 Å². The first kappa shape index (κ1) is 13.4. The molecule has 1 aliphatic heterocycles. The lowest BCUT2D eigenvalue weighted by molar-refractivity contribution is 0.0790. The average Bonchev–Trinajstić information content (AvgIpc) is 2.78. The first-order valence-electron chi connectivity index (χ1n) is 7.69. The van der Waals surface area contributed by atoms with Gasteiger partial charge in [0.1, 0.15) is 0 Å². The van der Waals surface area contributed by atoms with Crippen LogP contribution in [0.5, 0.6) is 0 Å². The van der Waals surface area contributed by atoms with Crippen LogP contribution in [0.1, 0.15) is 52.9 Å². The van der Waals surface area contributed by atoms with Gasteiger partial charge in [-0.05, 0) is 63.6 Å². The van der Waals surface area contributed by atoms with Gasteiger partial charge in [0.15, 0.2) is 0 Å². The zero-order valence-electron chi connectivity index (χ0n) is 11.9. The van der Waals surface area contributed by atoms with E-state index >= 15 is 0 Å². The molecule has 0 aromatic heterocycles. The molecule has 1 heterocycles. The lowest BCUT2D eigenvalue weighted by Crippen LogP contribution is -2.56. The second-order valence-corrected chi connectivity index (χ2v) is 6.35. The van der Waals surface area contributed by atoms with E-state index in [2.05, 4.69) is 31.0 Å². The highest BCUT2D eigenvalue weighted by atomic mass is 15.2. The summed E-state index contributed by atoms with van der Waals surface area (Å²) in [7, 11) is 0. The Hall–Kier alpha value is -0.0800. The minimum absolute atomic E-state index is 0.742. The maximum atomic E-state index is 3.82. The third-order valence-electron chi connectivity index (χ3n) is 4.64. The van der Waals surface area contributed by atoms with Gasteiger partial charge in [-0.25, -0.2) is 0 Å². The summed E-state index contributed by atoms with van der Waals surface area (Å²) in [6.07, 6.45) is 6.89. The molecule has 1 saturated heterocycles. The summed E-state index contributed by atoms with van der Waals surface area (Å²) in [6.45, 7) is 11.0. The summed E-state index contributed by atoms with van der Waals surface area (Å²) in [5.74, 6) is 1.77. The van der Waals surface area contributed by atoms with E-state index in [1.54, 1.807) is 0 Å². The number of hydrogen-bond donors (Lipinski definition) is 1. The second-order valence-electron chi connectivity index (χ2n) is 6.35. The molecule has 1 aliphatic carbocycles. The average molecular weight is 238 g/mol. The van der Waals surface area contributed by atoms with Crippen molar-refractivity contribution in [1.82, 2.24) is 10.2 Å². The molecule has 0 bridgehead atoms. The molecular weight excluding hydrogens is 208 g/mol. The van der Waals surface area contributed by atoms with Crippen LogP contribution in [0.15, 0.2) is 0 Å². The number of nitrogens with zero attached hydrogens (tertiary/aromatic N) is 1. The van der Waals surface area contributed by atoms with Crippen LogP contribution in [0.3, 0.4) is 0 Å². The zero-order valence-corrected chi connectivity index (χ0v) is 11.9. The van der Waals surface area contributed by atoms with Gasteiger partial charge in [-0.3, -0.25) is 4.90 Å². The van der Waals surface area contributed by atoms with Crippen LogP contribution in [-0.2, 0) is 0 Å². The molecule has 0 radical (unpaired) electrons. The fourth-order valence-electron chi connectivity index (χ4n) is 4.03. The number of likely N-dealkylation sites (tertiary alicyclic amines) is 1. The fraction of sp³-hybridized carbons (Fsp3) is 1.00. The van der Waals surface area contributed by atoms with Crippen molar-refractivity contribution < 1.29 is 0 Å². The van der Waals surface area contributed by atoms with Crippen LogP contribution >= 0.6 is 0 Å². The Morgan fingerprint density at radius 1 is 1.12 bits per heavy atom. The number of nitrogens with one attached hydrogen (secondary N) is 1. The molecular formula is C15H30N2. The van der Waals surface area contributed by atoms with Gasteiger partial charge >= 0.3 is 0 Å². The Morgan fingerprint density at radius 2 is 1.82 bits per heavy atom. The van der Waals surface area contributed by atoms with Crippen molar-refractivity contribution in [2.45, 2.75) is 65.0 Å². The van der Waals surface area contributed by atoms with Crippen molar-refractivity contribution in [3.8, 4) is 0 Å². The topological polar surface area (TPSA) is 15.3 Å². The highest BCUT2D eigenvalue weighted by Crippen LogP contribution is 2.33. The monoisotopic (exact) mass is 238 g/mol. The molecule has 0 aromatic rings. The van der Waals surface area contributed by atoms with Crippen LogP contribution in [0.25, 0.3) is 0 Å². The van der Waals surface area contributed by atoms with Gasteiger partial charge in [-0.1, -0.05) is 20.8 Å². The quantitative estimate of drug-likeness (QED) is 0.810. The molecule has 2 fully saturated rings. The van der Waals surface area contributed by atoms with Crippen LogP contribution in [0.4, 0.5) is 0 Å². The molecule has 1 N–H and O–H groups in total. The molecule has 0 amide bonds. The van der Waals surface area contributed by atoms with Crippen LogP contribution in [-0.4, -0.2) is 36.6 Å². The SMILES string of the molecule is CCCNC1CC(C)CC(C)C1N1CCCC1. The number of hydrogen-bond acceptors (Lipinski definition) is 2. The summed E-state index contributed by atoms with van der Waals surface area (Å²) in [4.78, 5) is 2.77. The van der Waals surface area contributed by atoms with Gasteiger partial charge in [-0.2, -0.15) is 0 Å². The first-order valence-corrected chi connectivity index (χ1v) is 7.69. The summed E-state index contributed by atoms with van der Waals surface area (Å²) < 4.78 is 0. The van der Waals surface area contributed by atoms with E-state index in [1.807, 2.05) is 0 Å². The van der Waals surface area contributed by atoms with Gasteiger partial charge in [0.2, 0.25) is 0 Å². The smallest absolute Gasteiger partial charge is 0.0275 e. The first-order chi connectivity index (χ1) is 8.22. The largest absolute Gasteiger partial charge is 0.312 e. The van der Waals surface area contributed by atoms with Gasteiger partial charge in [0.25, 0.3) is 0 Å². The van der Waals surface area contributed by atoms with Gasteiger partial charge in [-0.15, -0.1) is 0 Å². The van der Waals surface area contributed by atoms with Crippen molar-refractivity contribution in [2.24, 2.45) is 11.8 Å². The Labute approximate surface area is 107 Å².